The van der Waals surface area contributed by atoms with Crippen LogP contribution in [0, 0.1) is 48.5 Å². The van der Waals surface area contributed by atoms with E-state index in [0.717, 1.165) is 11.4 Å². The Balaban J connectivity index is 2.15. The number of nitrogens with zero attached hydrogens (tertiary/aromatic N) is 2. The number of azo groups is 1. The zero-order valence-corrected chi connectivity index (χ0v) is 16.3. The number of aryl methyl sites for hydroxylation is 5. The van der Waals surface area contributed by atoms with Gasteiger partial charge in [-0.1, -0.05) is 23.8 Å². The minimum Gasteiger partial charge on any atom is -0.150 e. The quantitative estimate of drug-likeness (QED) is 0.437. The van der Waals surface area contributed by atoms with Crippen LogP contribution in [0.25, 0.3) is 10.8 Å². The van der Waals surface area contributed by atoms with Crippen LogP contribution in [-0.4, -0.2) is 0 Å². The summed E-state index contributed by atoms with van der Waals surface area (Å²) in [6.07, 6.45) is 0. The molecule has 0 amide bonds. The summed E-state index contributed by atoms with van der Waals surface area (Å²) in [6.45, 7) is 15.0. The zero-order chi connectivity index (χ0) is 18.3. The van der Waals surface area contributed by atoms with Crippen LogP contribution in [-0.2, 0) is 0 Å². The van der Waals surface area contributed by atoms with Crippen LogP contribution < -0.4 is 0 Å². The molecule has 0 unspecified atom stereocenters. The molecule has 128 valence electrons. The first-order chi connectivity index (χ1) is 11.8. The number of benzene rings is 3. The molecule has 3 aromatic rings. The number of fused-ring (bicyclic) bond motifs is 1. The smallest absolute Gasteiger partial charge is 0.0921 e. The van der Waals surface area contributed by atoms with Gasteiger partial charge in [0.05, 0.1) is 11.4 Å². The molecule has 0 spiro atoms. The fourth-order valence-corrected chi connectivity index (χ4v) is 3.65. The van der Waals surface area contributed by atoms with Gasteiger partial charge in [0.25, 0.3) is 0 Å². The Hall–Kier alpha value is -2.48. The first-order valence-corrected chi connectivity index (χ1v) is 8.79. The number of hydrogen-bond donors (Lipinski definition) is 0. The van der Waals surface area contributed by atoms with E-state index < -0.39 is 0 Å². The molecule has 25 heavy (non-hydrogen) atoms. The highest BCUT2D eigenvalue weighted by molar-refractivity contribution is 5.93. The van der Waals surface area contributed by atoms with E-state index >= 15 is 0 Å². The van der Waals surface area contributed by atoms with E-state index in [1.807, 2.05) is 0 Å². The molecule has 0 aliphatic carbocycles. The summed E-state index contributed by atoms with van der Waals surface area (Å²) in [5.74, 6) is 0. The van der Waals surface area contributed by atoms with Crippen molar-refractivity contribution in [2.75, 3.05) is 0 Å². The van der Waals surface area contributed by atoms with Crippen molar-refractivity contribution in [3.05, 3.63) is 69.3 Å². The van der Waals surface area contributed by atoms with E-state index in [0.29, 0.717) is 0 Å². The summed E-state index contributed by atoms with van der Waals surface area (Å²) < 4.78 is 0. The normalized spacial score (nSPS) is 11.6. The summed E-state index contributed by atoms with van der Waals surface area (Å²) in [6, 6.07) is 10.9. The minimum absolute atomic E-state index is 0.947. The largest absolute Gasteiger partial charge is 0.150 e. The number of hydrogen-bond acceptors (Lipinski definition) is 2. The van der Waals surface area contributed by atoms with Crippen molar-refractivity contribution in [1.29, 1.82) is 0 Å². The molecule has 0 fully saturated rings. The van der Waals surface area contributed by atoms with Crippen LogP contribution in [0.2, 0.25) is 0 Å². The second-order valence-electron chi connectivity index (χ2n) is 7.20. The maximum absolute atomic E-state index is 4.65. The standard InChI is InChI=1S/C23H26N2/c1-13-10-15(3)22-19(7)23(16(4)12-20(22)11-13)25-24-21-9-8-14(2)17(5)18(21)6/h8-12H,1-7H3. The predicted molar refractivity (Wildman–Crippen MR) is 108 cm³/mol. The van der Waals surface area contributed by atoms with Crippen molar-refractivity contribution in [1.82, 2.24) is 0 Å². The molecular weight excluding hydrogens is 304 g/mol. The topological polar surface area (TPSA) is 24.7 Å². The Bertz CT molecular complexity index is 1010. The average Bonchev–Trinajstić information content (AvgIpc) is 2.53. The summed E-state index contributed by atoms with van der Waals surface area (Å²) in [7, 11) is 0. The minimum atomic E-state index is 0.947. The lowest BCUT2D eigenvalue weighted by Crippen LogP contribution is -1.89. The van der Waals surface area contributed by atoms with Crippen LogP contribution in [0.3, 0.4) is 0 Å². The van der Waals surface area contributed by atoms with Gasteiger partial charge in [0.1, 0.15) is 0 Å². The summed E-state index contributed by atoms with van der Waals surface area (Å²) in [5.41, 5.74) is 10.7. The van der Waals surface area contributed by atoms with E-state index in [1.165, 1.54) is 49.7 Å². The maximum atomic E-state index is 4.65. The molecule has 0 bridgehead atoms. The van der Waals surface area contributed by atoms with Crippen LogP contribution in [0.15, 0.2) is 40.6 Å². The molecule has 0 aliphatic rings. The number of rotatable bonds is 2. The first-order valence-electron chi connectivity index (χ1n) is 8.79. The molecule has 0 atom stereocenters. The van der Waals surface area contributed by atoms with Gasteiger partial charge in [-0.15, -0.1) is 5.11 Å². The highest BCUT2D eigenvalue weighted by atomic mass is 15.1. The van der Waals surface area contributed by atoms with Crippen molar-refractivity contribution in [2.45, 2.75) is 48.5 Å². The van der Waals surface area contributed by atoms with Gasteiger partial charge in [-0.2, -0.15) is 5.11 Å². The van der Waals surface area contributed by atoms with Crippen LogP contribution in [0.4, 0.5) is 11.4 Å². The summed E-state index contributed by atoms with van der Waals surface area (Å²) in [5, 5.41) is 11.8. The van der Waals surface area contributed by atoms with Gasteiger partial charge in [-0.3, -0.25) is 0 Å². The lowest BCUT2D eigenvalue weighted by molar-refractivity contribution is 1.16. The molecule has 0 heterocycles. The van der Waals surface area contributed by atoms with Gasteiger partial charge in [-0.25, -0.2) is 0 Å². The second kappa shape index (κ2) is 6.44. The van der Waals surface area contributed by atoms with Crippen LogP contribution in [0.5, 0.6) is 0 Å². The van der Waals surface area contributed by atoms with Gasteiger partial charge >= 0.3 is 0 Å². The van der Waals surface area contributed by atoms with Gasteiger partial charge < -0.3 is 0 Å². The molecule has 0 aliphatic heterocycles. The Morgan fingerprint density at radius 1 is 0.600 bits per heavy atom. The molecule has 0 saturated carbocycles. The van der Waals surface area contributed by atoms with Gasteiger partial charge in [0.15, 0.2) is 0 Å². The molecule has 2 heteroatoms. The SMILES string of the molecule is Cc1cc(C)c2c(C)c(N=Nc3ccc(C)c(C)c3C)c(C)cc2c1. The van der Waals surface area contributed by atoms with E-state index in [-0.39, 0.29) is 0 Å². The maximum Gasteiger partial charge on any atom is 0.0921 e. The molecule has 3 aromatic carbocycles. The molecule has 0 saturated heterocycles. The highest BCUT2D eigenvalue weighted by Gasteiger charge is 2.10. The Morgan fingerprint density at radius 2 is 1.32 bits per heavy atom. The summed E-state index contributed by atoms with van der Waals surface area (Å²) in [4.78, 5) is 0. The van der Waals surface area contributed by atoms with E-state index in [2.05, 4.69) is 89.0 Å². The third kappa shape index (κ3) is 3.09. The lowest BCUT2D eigenvalue weighted by atomic mass is 9.95. The fraction of sp³-hybridized carbons (Fsp3) is 0.304. The van der Waals surface area contributed by atoms with Gasteiger partial charge in [0, 0.05) is 0 Å². The zero-order valence-electron chi connectivity index (χ0n) is 16.3. The van der Waals surface area contributed by atoms with Gasteiger partial charge in [0.2, 0.25) is 0 Å². The molecule has 3 rings (SSSR count). The lowest BCUT2D eigenvalue weighted by Gasteiger charge is -2.12. The third-order valence-corrected chi connectivity index (χ3v) is 5.27. The van der Waals surface area contributed by atoms with Gasteiger partial charge in [-0.05, 0) is 105 Å². The van der Waals surface area contributed by atoms with E-state index in [9.17, 15) is 0 Å². The Morgan fingerprint density at radius 3 is 2.04 bits per heavy atom. The summed E-state index contributed by atoms with van der Waals surface area (Å²) >= 11 is 0. The van der Waals surface area contributed by atoms with Crippen LogP contribution in [0.1, 0.15) is 38.9 Å². The molecule has 2 nitrogen and oxygen atoms in total. The van der Waals surface area contributed by atoms with Crippen molar-refractivity contribution < 1.29 is 0 Å². The monoisotopic (exact) mass is 330 g/mol. The van der Waals surface area contributed by atoms with Crippen LogP contribution >= 0.6 is 0 Å². The molecule has 0 radical (unpaired) electrons. The van der Waals surface area contributed by atoms with E-state index in [4.69, 9.17) is 0 Å². The third-order valence-electron chi connectivity index (χ3n) is 5.27. The predicted octanol–water partition coefficient (Wildman–Crippen LogP) is 7.41. The Labute approximate surface area is 150 Å². The highest BCUT2D eigenvalue weighted by Crippen LogP contribution is 2.35. The van der Waals surface area contributed by atoms with Crippen molar-refractivity contribution in [3.63, 3.8) is 0 Å². The van der Waals surface area contributed by atoms with E-state index in [1.54, 1.807) is 0 Å². The van der Waals surface area contributed by atoms with Crippen molar-refractivity contribution in [3.8, 4) is 0 Å². The first kappa shape index (κ1) is 17.3. The fourth-order valence-electron chi connectivity index (χ4n) is 3.65. The van der Waals surface area contributed by atoms with Crippen molar-refractivity contribution in [2.24, 2.45) is 10.2 Å². The second-order valence-corrected chi connectivity index (χ2v) is 7.20. The molecule has 0 N–H and O–H groups in total. The molecule has 0 aromatic heterocycles. The Kier molecular flexibility index (Phi) is 4.47. The average molecular weight is 330 g/mol. The van der Waals surface area contributed by atoms with Crippen molar-refractivity contribution >= 4 is 22.1 Å². The molecular formula is C23H26N2.